The summed E-state index contributed by atoms with van der Waals surface area (Å²) in [5.41, 5.74) is 4.61. The Balaban J connectivity index is 1.44. The molecule has 0 aliphatic carbocycles. The maximum atomic E-state index is 10.3. The second kappa shape index (κ2) is 11.0. The van der Waals surface area contributed by atoms with Crippen molar-refractivity contribution in [1.82, 2.24) is 0 Å². The van der Waals surface area contributed by atoms with Crippen molar-refractivity contribution >= 4 is 45.6 Å². The lowest BCUT2D eigenvalue weighted by molar-refractivity contribution is -0.660. The second-order valence-corrected chi connectivity index (χ2v) is 15.7. The molecular formula is C41H35N2OSi+. The normalized spacial score (nSPS) is 14.2. The summed E-state index contributed by atoms with van der Waals surface area (Å²) in [7, 11) is -0.655. The van der Waals surface area contributed by atoms with E-state index < -0.39 is 21.8 Å². The molecule has 0 fully saturated rings. The van der Waals surface area contributed by atoms with Gasteiger partial charge in [-0.15, -0.1) is 0 Å². The van der Waals surface area contributed by atoms with E-state index in [9.17, 15) is 5.26 Å². The molecule has 0 radical (unpaired) electrons. The number of nitriles is 1. The van der Waals surface area contributed by atoms with Gasteiger partial charge in [0.15, 0.2) is 6.20 Å². The summed E-state index contributed by atoms with van der Waals surface area (Å²) >= 11 is 0. The summed E-state index contributed by atoms with van der Waals surface area (Å²) in [5.74, 6) is 0. The minimum Gasteiger partial charge on any atom is -0.454 e. The molecule has 2 aromatic heterocycles. The smallest absolute Gasteiger partial charge is 0.216 e. The first-order chi connectivity index (χ1) is 24.2. The topological polar surface area (TPSA) is 40.8 Å². The molecule has 4 heteroatoms. The second-order valence-electron chi connectivity index (χ2n) is 11.7. The van der Waals surface area contributed by atoms with Gasteiger partial charge in [-0.2, -0.15) is 5.26 Å². The number of hydrogen-bond donors (Lipinski definition) is 0. The van der Waals surface area contributed by atoms with Crippen LogP contribution in [0.25, 0.3) is 44.3 Å². The van der Waals surface area contributed by atoms with E-state index in [-0.39, 0.29) is 11.1 Å². The van der Waals surface area contributed by atoms with Gasteiger partial charge in [-0.05, 0) is 65.0 Å². The molecule has 0 saturated carbocycles. The van der Waals surface area contributed by atoms with Gasteiger partial charge >= 0.3 is 0 Å². The van der Waals surface area contributed by atoms with Crippen LogP contribution in [0.4, 0.5) is 0 Å². The van der Waals surface area contributed by atoms with Crippen LogP contribution in [0.5, 0.6) is 0 Å². The van der Waals surface area contributed by atoms with Crippen molar-refractivity contribution < 1.29 is 17.2 Å². The Morgan fingerprint density at radius 1 is 0.689 bits per heavy atom. The summed E-state index contributed by atoms with van der Waals surface area (Å²) in [4.78, 5) is 0. The molecule has 218 valence electrons. The third kappa shape index (κ3) is 4.59. The van der Waals surface area contributed by atoms with Gasteiger partial charge < -0.3 is 4.42 Å². The van der Waals surface area contributed by atoms with Gasteiger partial charge in [0.25, 0.3) is 0 Å². The Bertz CT molecular complexity index is 2440. The van der Waals surface area contributed by atoms with Crippen LogP contribution in [-0.4, -0.2) is 8.07 Å². The van der Waals surface area contributed by atoms with Crippen molar-refractivity contribution in [2.45, 2.75) is 27.2 Å². The summed E-state index contributed by atoms with van der Waals surface area (Å²) in [6, 6.07) is 41.1. The lowest BCUT2D eigenvalue weighted by Crippen LogP contribution is -2.64. The molecule has 0 amide bonds. The monoisotopic (exact) mass is 605 g/mol. The number of aromatic nitrogens is 1. The van der Waals surface area contributed by atoms with Crippen LogP contribution < -0.4 is 20.1 Å². The molecule has 45 heavy (non-hydrogen) atoms. The number of benzene rings is 5. The van der Waals surface area contributed by atoms with Crippen LogP contribution in [-0.2, 0) is 7.05 Å². The molecule has 0 saturated heterocycles. The SMILES string of the molecule is [2H]C([2H])([2H])c1cc(-c2c(C)ccc3c2oc2c(-c4ccc([Si](C)(c5ccccc5)c5ccccc5)cc4)c(C#N)ccc23)[n+](C)cc1C([2H])([2H])[2H]. The zero-order valence-corrected chi connectivity index (χ0v) is 26.3. The van der Waals surface area contributed by atoms with E-state index in [0.29, 0.717) is 33.6 Å². The quantitative estimate of drug-likeness (QED) is 0.115. The average molecular weight is 606 g/mol. The van der Waals surface area contributed by atoms with E-state index in [4.69, 9.17) is 12.6 Å². The van der Waals surface area contributed by atoms with Crippen LogP contribution in [0, 0.1) is 32.0 Å². The van der Waals surface area contributed by atoms with E-state index in [0.717, 1.165) is 21.9 Å². The molecule has 0 N–H and O–H groups in total. The highest BCUT2D eigenvalue weighted by molar-refractivity contribution is 7.10. The Morgan fingerprint density at radius 3 is 1.87 bits per heavy atom. The molecule has 7 rings (SSSR count). The first kappa shape index (κ1) is 22.3. The predicted molar refractivity (Wildman–Crippen MR) is 188 cm³/mol. The standard InChI is InChI=1S/C41H35N2OSi/c1-27-16-22-35-36-23-19-31(25-42)39(41(36)44-40(35)38(27)37-24-28(2)29(3)26-43(37)4)30-17-20-34(21-18-30)45(5,32-12-8-6-9-13-32)33-14-10-7-11-15-33/h6-24,26H,1-5H3/q+1/i2D3,3D3. The van der Waals surface area contributed by atoms with Crippen LogP contribution >= 0.6 is 0 Å². The predicted octanol–water partition coefficient (Wildman–Crippen LogP) is 7.64. The van der Waals surface area contributed by atoms with E-state index in [1.807, 2.05) is 43.3 Å². The van der Waals surface area contributed by atoms with Crippen LogP contribution in [0.3, 0.4) is 0 Å². The molecule has 0 atom stereocenters. The molecule has 3 nitrogen and oxygen atoms in total. The van der Waals surface area contributed by atoms with Gasteiger partial charge in [-0.1, -0.05) is 104 Å². The van der Waals surface area contributed by atoms with E-state index >= 15 is 0 Å². The molecule has 0 bridgehead atoms. The number of pyridine rings is 1. The van der Waals surface area contributed by atoms with Crippen LogP contribution in [0.15, 0.2) is 126 Å². The first-order valence-electron chi connectivity index (χ1n) is 17.9. The summed E-state index contributed by atoms with van der Waals surface area (Å²) in [6.45, 7) is -0.987. The summed E-state index contributed by atoms with van der Waals surface area (Å²) in [5, 5.41) is 15.8. The van der Waals surface area contributed by atoms with Gasteiger partial charge in [0.2, 0.25) is 5.69 Å². The Kier molecular flexibility index (Phi) is 5.47. The summed E-state index contributed by atoms with van der Waals surface area (Å²) < 4.78 is 57.0. The highest BCUT2D eigenvalue weighted by Crippen LogP contribution is 2.42. The Hall–Kier alpha value is -5.24. The number of aryl methyl sites for hydroxylation is 4. The maximum Gasteiger partial charge on any atom is 0.216 e. The van der Waals surface area contributed by atoms with Crippen molar-refractivity contribution in [3.8, 4) is 28.5 Å². The van der Waals surface area contributed by atoms with Gasteiger partial charge in [0.05, 0.1) is 17.2 Å². The van der Waals surface area contributed by atoms with Gasteiger partial charge in [0.1, 0.15) is 26.3 Å². The molecule has 0 aliphatic rings. The van der Waals surface area contributed by atoms with Crippen LogP contribution in [0.2, 0.25) is 6.55 Å². The maximum absolute atomic E-state index is 10.3. The Morgan fingerprint density at radius 2 is 1.27 bits per heavy atom. The molecule has 7 aromatic rings. The number of nitrogens with zero attached hydrogens (tertiary/aromatic N) is 2. The minimum atomic E-state index is -2.65. The lowest BCUT2D eigenvalue weighted by atomic mass is 9.96. The number of rotatable bonds is 5. The number of fused-ring (bicyclic) bond motifs is 3. The highest BCUT2D eigenvalue weighted by atomic mass is 28.3. The van der Waals surface area contributed by atoms with Crippen molar-refractivity contribution in [2.24, 2.45) is 7.05 Å². The molecular weight excluding hydrogens is 565 g/mol. The highest BCUT2D eigenvalue weighted by Gasteiger charge is 2.34. The van der Waals surface area contributed by atoms with Gasteiger partial charge in [-0.3, -0.25) is 0 Å². The molecule has 2 heterocycles. The van der Waals surface area contributed by atoms with Gasteiger partial charge in [-0.25, -0.2) is 4.57 Å². The van der Waals surface area contributed by atoms with Crippen molar-refractivity contribution in [1.29, 1.82) is 5.26 Å². The largest absolute Gasteiger partial charge is 0.454 e. The number of furan rings is 1. The third-order valence-electron chi connectivity index (χ3n) is 9.12. The molecule has 5 aromatic carbocycles. The van der Waals surface area contributed by atoms with Crippen molar-refractivity contribution in [3.05, 3.63) is 144 Å². The fraction of sp³-hybridized carbons (Fsp3) is 0.122. The molecule has 0 aliphatic heterocycles. The van der Waals surface area contributed by atoms with E-state index in [1.165, 1.54) is 27.8 Å². The van der Waals surface area contributed by atoms with E-state index in [2.05, 4.69) is 85.4 Å². The zero-order valence-electron chi connectivity index (χ0n) is 31.3. The fourth-order valence-corrected chi connectivity index (χ4v) is 10.2. The molecule has 0 spiro atoms. The lowest BCUT2D eigenvalue weighted by Gasteiger charge is -2.29. The number of hydrogen-bond acceptors (Lipinski definition) is 2. The van der Waals surface area contributed by atoms with Gasteiger partial charge in [0, 0.05) is 36.2 Å². The van der Waals surface area contributed by atoms with Crippen molar-refractivity contribution in [2.75, 3.05) is 0 Å². The summed E-state index contributed by atoms with van der Waals surface area (Å²) in [6.07, 6.45) is 1.38. The van der Waals surface area contributed by atoms with Crippen molar-refractivity contribution in [3.63, 3.8) is 0 Å². The molecule has 0 unspecified atom stereocenters. The average Bonchev–Trinajstić information content (AvgIpc) is 3.49. The fourth-order valence-electron chi connectivity index (χ4n) is 6.61. The van der Waals surface area contributed by atoms with E-state index in [1.54, 1.807) is 11.6 Å². The third-order valence-corrected chi connectivity index (χ3v) is 13.6. The Labute approximate surface area is 274 Å². The first-order valence-corrected chi connectivity index (χ1v) is 17.4. The minimum absolute atomic E-state index is 0.216. The zero-order chi connectivity index (χ0) is 36.3. The van der Waals surface area contributed by atoms with Crippen LogP contribution in [0.1, 0.15) is 30.5 Å².